The second-order valence-corrected chi connectivity index (χ2v) is 3.32. The van der Waals surface area contributed by atoms with Gasteiger partial charge in [-0.05, 0) is 12.1 Å². The zero-order valence-electron chi connectivity index (χ0n) is 7.39. The van der Waals surface area contributed by atoms with Gasteiger partial charge in [-0.25, -0.2) is 4.39 Å². The highest BCUT2D eigenvalue weighted by atomic mass is 35.5. The Balaban J connectivity index is 0.000000845. The van der Waals surface area contributed by atoms with Crippen LogP contribution in [0.5, 0.6) is 0 Å². The van der Waals surface area contributed by atoms with Crippen LogP contribution in [0.3, 0.4) is 0 Å². The van der Waals surface area contributed by atoms with Gasteiger partial charge in [0, 0.05) is 25.0 Å². The third-order valence-electron chi connectivity index (χ3n) is 2.46. The Morgan fingerprint density at radius 3 is 2.08 bits per heavy atom. The molecule has 1 N–H and O–H groups in total. The first-order valence-electron chi connectivity index (χ1n) is 4.47. The van der Waals surface area contributed by atoms with Crippen LogP contribution in [0.15, 0.2) is 24.3 Å². The summed E-state index contributed by atoms with van der Waals surface area (Å²) in [6, 6.07) is 6.85. The molecule has 0 atom stereocenters. The number of benzene rings is 1. The van der Waals surface area contributed by atoms with E-state index in [0.717, 1.165) is 0 Å². The van der Waals surface area contributed by atoms with E-state index in [-0.39, 0.29) is 18.2 Å². The molecule has 0 aromatic heterocycles. The van der Waals surface area contributed by atoms with Crippen molar-refractivity contribution in [3.8, 4) is 0 Å². The first kappa shape index (κ1) is 10.5. The Hall–Kier alpha value is -0.600. The van der Waals surface area contributed by atoms with Crippen LogP contribution >= 0.6 is 0 Å². The highest BCUT2D eigenvalue weighted by molar-refractivity contribution is 5.28. The largest absolute Gasteiger partial charge is 1.00 e. The third kappa shape index (κ3) is 2.42. The van der Waals surface area contributed by atoms with E-state index in [9.17, 15) is 4.39 Å². The second-order valence-electron chi connectivity index (χ2n) is 3.32. The number of halogens is 2. The quantitative estimate of drug-likeness (QED) is 0.544. The smallest absolute Gasteiger partial charge is 0.131 e. The molecule has 1 aliphatic heterocycles. The Morgan fingerprint density at radius 2 is 1.54 bits per heavy atom. The molecule has 0 radical (unpaired) electrons. The fourth-order valence-corrected chi connectivity index (χ4v) is 1.78. The maximum Gasteiger partial charge on any atom is 0.131 e. The number of rotatable bonds is 1. The summed E-state index contributed by atoms with van der Waals surface area (Å²) < 4.78 is 12.6. The summed E-state index contributed by atoms with van der Waals surface area (Å²) in [6.07, 6.45) is 2.60. The molecule has 1 fully saturated rings. The fraction of sp³-hybridized carbons (Fsp3) is 0.400. The monoisotopic (exact) mass is 201 g/mol. The first-order valence-corrected chi connectivity index (χ1v) is 4.47. The number of nitrogens with one attached hydrogen (secondary N) is 1. The van der Waals surface area contributed by atoms with Crippen molar-refractivity contribution in [3.63, 3.8) is 0 Å². The summed E-state index contributed by atoms with van der Waals surface area (Å²) in [4.78, 5) is 1.50. The van der Waals surface area contributed by atoms with Gasteiger partial charge < -0.3 is 17.3 Å². The molecule has 13 heavy (non-hydrogen) atoms. The summed E-state index contributed by atoms with van der Waals surface area (Å²) in [7, 11) is 0. The van der Waals surface area contributed by atoms with Gasteiger partial charge in [-0.2, -0.15) is 0 Å². The molecule has 3 heteroatoms. The molecule has 0 aliphatic carbocycles. The normalized spacial score (nSPS) is 17.0. The number of quaternary nitrogens is 1. The van der Waals surface area contributed by atoms with E-state index < -0.39 is 0 Å². The van der Waals surface area contributed by atoms with Gasteiger partial charge in [0.05, 0.1) is 13.1 Å². The van der Waals surface area contributed by atoms with E-state index >= 15 is 0 Å². The van der Waals surface area contributed by atoms with Gasteiger partial charge in [0.1, 0.15) is 11.5 Å². The van der Waals surface area contributed by atoms with Crippen LogP contribution in [0.4, 0.5) is 10.1 Å². The van der Waals surface area contributed by atoms with Crippen molar-refractivity contribution in [2.75, 3.05) is 13.1 Å². The molecule has 1 nitrogen and oxygen atoms in total. The SMILES string of the molecule is Fc1ccc([NH+]2CCCC2)cc1.[Cl-]. The van der Waals surface area contributed by atoms with Gasteiger partial charge >= 0.3 is 0 Å². The van der Waals surface area contributed by atoms with Crippen molar-refractivity contribution in [1.82, 2.24) is 0 Å². The fourth-order valence-electron chi connectivity index (χ4n) is 1.78. The molecule has 1 aromatic carbocycles. The van der Waals surface area contributed by atoms with E-state index in [2.05, 4.69) is 0 Å². The summed E-state index contributed by atoms with van der Waals surface area (Å²) in [5, 5.41) is 0. The van der Waals surface area contributed by atoms with Gasteiger partial charge in [0.25, 0.3) is 0 Å². The topological polar surface area (TPSA) is 4.44 Å². The van der Waals surface area contributed by atoms with Crippen molar-refractivity contribution < 1.29 is 21.7 Å². The van der Waals surface area contributed by atoms with E-state index in [1.54, 1.807) is 12.1 Å². The van der Waals surface area contributed by atoms with Gasteiger partial charge in [-0.15, -0.1) is 0 Å². The lowest BCUT2D eigenvalue weighted by Crippen LogP contribution is -3.04. The number of hydrogen-bond donors (Lipinski definition) is 1. The van der Waals surface area contributed by atoms with Crippen molar-refractivity contribution >= 4 is 5.69 Å². The van der Waals surface area contributed by atoms with E-state index in [0.29, 0.717) is 0 Å². The zero-order valence-corrected chi connectivity index (χ0v) is 8.15. The van der Waals surface area contributed by atoms with Crippen LogP contribution < -0.4 is 17.3 Å². The lowest BCUT2D eigenvalue weighted by molar-refractivity contribution is -0.818. The van der Waals surface area contributed by atoms with Crippen LogP contribution in [-0.2, 0) is 0 Å². The summed E-state index contributed by atoms with van der Waals surface area (Å²) in [6.45, 7) is 2.40. The van der Waals surface area contributed by atoms with Crippen molar-refractivity contribution in [3.05, 3.63) is 30.1 Å². The molecule has 1 heterocycles. The average molecular weight is 202 g/mol. The van der Waals surface area contributed by atoms with Gasteiger partial charge in [-0.1, -0.05) is 0 Å². The van der Waals surface area contributed by atoms with Gasteiger partial charge in [0.2, 0.25) is 0 Å². The molecule has 1 aromatic rings. The molecular weight excluding hydrogens is 189 g/mol. The highest BCUT2D eigenvalue weighted by Crippen LogP contribution is 2.05. The minimum absolute atomic E-state index is 0. The maximum atomic E-state index is 12.6. The minimum atomic E-state index is -0.141. The lowest BCUT2D eigenvalue weighted by Gasteiger charge is -2.10. The summed E-state index contributed by atoms with van der Waals surface area (Å²) >= 11 is 0. The Bertz CT molecular complexity index is 254. The average Bonchev–Trinajstić information content (AvgIpc) is 2.58. The Morgan fingerprint density at radius 1 is 1.00 bits per heavy atom. The van der Waals surface area contributed by atoms with E-state index in [4.69, 9.17) is 0 Å². The summed E-state index contributed by atoms with van der Waals surface area (Å²) in [5.41, 5.74) is 1.23. The Kier molecular flexibility index (Phi) is 3.70. The molecule has 1 saturated heterocycles. The molecular formula is C10H13ClFN. The van der Waals surface area contributed by atoms with Gasteiger partial charge in [-0.3, -0.25) is 0 Å². The predicted octanol–water partition coefficient (Wildman–Crippen LogP) is -1.86. The van der Waals surface area contributed by atoms with Crippen molar-refractivity contribution in [2.45, 2.75) is 12.8 Å². The maximum absolute atomic E-state index is 12.6. The molecule has 0 bridgehead atoms. The van der Waals surface area contributed by atoms with Crippen LogP contribution in [0.2, 0.25) is 0 Å². The highest BCUT2D eigenvalue weighted by Gasteiger charge is 2.17. The van der Waals surface area contributed by atoms with Crippen molar-refractivity contribution in [1.29, 1.82) is 0 Å². The molecule has 72 valence electrons. The van der Waals surface area contributed by atoms with Crippen LogP contribution in [0, 0.1) is 5.82 Å². The molecule has 2 rings (SSSR count). The second kappa shape index (κ2) is 4.58. The van der Waals surface area contributed by atoms with E-state index in [1.807, 2.05) is 12.1 Å². The third-order valence-corrected chi connectivity index (χ3v) is 2.46. The van der Waals surface area contributed by atoms with E-state index in [1.165, 1.54) is 36.5 Å². The lowest BCUT2D eigenvalue weighted by atomic mass is 10.3. The standard InChI is InChI=1S/C10H12FN.ClH/c11-9-3-5-10(6-4-9)12-7-1-2-8-12;/h3-6H,1-2,7-8H2;1H. The summed E-state index contributed by atoms with van der Waals surface area (Å²) in [5.74, 6) is -0.141. The molecule has 0 unspecified atom stereocenters. The van der Waals surface area contributed by atoms with Crippen molar-refractivity contribution in [2.24, 2.45) is 0 Å². The molecule has 0 saturated carbocycles. The first-order chi connectivity index (χ1) is 5.86. The zero-order chi connectivity index (χ0) is 8.39. The molecule has 1 aliphatic rings. The molecule has 0 amide bonds. The number of hydrogen-bond acceptors (Lipinski definition) is 0. The van der Waals surface area contributed by atoms with Crippen LogP contribution in [0.1, 0.15) is 12.8 Å². The molecule has 0 spiro atoms. The van der Waals surface area contributed by atoms with Crippen LogP contribution in [0.25, 0.3) is 0 Å². The van der Waals surface area contributed by atoms with Crippen LogP contribution in [-0.4, -0.2) is 13.1 Å². The van der Waals surface area contributed by atoms with Gasteiger partial charge in [0.15, 0.2) is 0 Å². The Labute approximate surface area is 84.0 Å². The minimum Gasteiger partial charge on any atom is -1.00 e. The predicted molar refractivity (Wildman–Crippen MR) is 46.0 cm³/mol.